The fourth-order valence-corrected chi connectivity index (χ4v) is 2.94. The van der Waals surface area contributed by atoms with Crippen molar-refractivity contribution >= 4 is 11.7 Å². The molecule has 4 nitrogen and oxygen atoms in total. The lowest BCUT2D eigenvalue weighted by Crippen LogP contribution is -2.53. The number of aliphatic hydroxyl groups is 1. The van der Waals surface area contributed by atoms with E-state index in [2.05, 4.69) is 5.32 Å². The molecule has 0 saturated heterocycles. The van der Waals surface area contributed by atoms with Gasteiger partial charge >= 0.3 is 0 Å². The predicted molar refractivity (Wildman–Crippen MR) is 88.4 cm³/mol. The maximum atomic E-state index is 12.6. The van der Waals surface area contributed by atoms with Gasteiger partial charge in [-0.2, -0.15) is 0 Å². The van der Waals surface area contributed by atoms with Gasteiger partial charge in [0.25, 0.3) is 0 Å². The number of ketones is 1. The molecule has 1 rings (SSSR count). The minimum atomic E-state index is -0.472. The molecule has 1 aliphatic carbocycles. The smallest absolute Gasteiger partial charge is 0.220 e. The Morgan fingerprint density at radius 3 is 1.95 bits per heavy atom. The average Bonchev–Trinajstić information content (AvgIpc) is 2.35. The van der Waals surface area contributed by atoms with E-state index in [1.807, 2.05) is 41.5 Å². The predicted octanol–water partition coefficient (Wildman–Crippen LogP) is 3.07. The van der Waals surface area contributed by atoms with Crippen LogP contribution < -0.4 is 5.32 Å². The van der Waals surface area contributed by atoms with Crippen molar-refractivity contribution in [1.82, 2.24) is 5.32 Å². The standard InChI is InChI=1S/C18H33NO3/c1-17(2,3)15(16(22)18(4,5)6)19-14(21)11-12-7-9-13(20)10-8-12/h12-13,15,20H,7-11H2,1-6H3,(H,19,21)/t12?,13?,15-/m1/s1. The minimum absolute atomic E-state index is 0.0427. The molecule has 1 aliphatic rings. The largest absolute Gasteiger partial charge is 0.393 e. The third-order valence-electron chi connectivity index (χ3n) is 4.46. The zero-order valence-corrected chi connectivity index (χ0v) is 15.0. The van der Waals surface area contributed by atoms with E-state index in [0.29, 0.717) is 12.3 Å². The molecular weight excluding hydrogens is 278 g/mol. The number of aliphatic hydroxyl groups excluding tert-OH is 1. The summed E-state index contributed by atoms with van der Waals surface area (Å²) in [4.78, 5) is 25.0. The van der Waals surface area contributed by atoms with Crippen LogP contribution in [0.3, 0.4) is 0 Å². The Bertz CT molecular complexity index is 396. The first-order valence-corrected chi connectivity index (χ1v) is 8.43. The van der Waals surface area contributed by atoms with Crippen LogP contribution in [0.15, 0.2) is 0 Å². The summed E-state index contributed by atoms with van der Waals surface area (Å²) >= 11 is 0. The first-order chi connectivity index (χ1) is 9.91. The molecule has 0 radical (unpaired) electrons. The summed E-state index contributed by atoms with van der Waals surface area (Å²) in [6, 6.07) is -0.464. The quantitative estimate of drug-likeness (QED) is 0.838. The van der Waals surface area contributed by atoms with Crippen molar-refractivity contribution in [3.8, 4) is 0 Å². The molecule has 0 aromatic heterocycles. The number of hydrogen-bond donors (Lipinski definition) is 2. The fourth-order valence-electron chi connectivity index (χ4n) is 2.94. The molecule has 1 amide bonds. The number of carbonyl (C=O) groups is 2. The Kier molecular flexibility index (Phi) is 6.19. The average molecular weight is 311 g/mol. The minimum Gasteiger partial charge on any atom is -0.393 e. The molecule has 1 atom stereocenters. The van der Waals surface area contributed by atoms with Gasteiger partial charge in [0.1, 0.15) is 0 Å². The van der Waals surface area contributed by atoms with E-state index in [1.54, 1.807) is 0 Å². The van der Waals surface area contributed by atoms with Crippen molar-refractivity contribution in [3.05, 3.63) is 0 Å². The molecule has 0 heterocycles. The molecule has 1 saturated carbocycles. The van der Waals surface area contributed by atoms with Crippen molar-refractivity contribution in [3.63, 3.8) is 0 Å². The molecule has 22 heavy (non-hydrogen) atoms. The first-order valence-electron chi connectivity index (χ1n) is 8.43. The maximum absolute atomic E-state index is 12.6. The Labute approximate surface area is 135 Å². The third kappa shape index (κ3) is 5.71. The van der Waals surface area contributed by atoms with Crippen LogP contribution in [0.5, 0.6) is 0 Å². The lowest BCUT2D eigenvalue weighted by Gasteiger charge is -2.35. The van der Waals surface area contributed by atoms with Crippen molar-refractivity contribution in [2.45, 2.75) is 85.8 Å². The summed E-state index contributed by atoms with van der Waals surface area (Å²) in [6.07, 6.45) is 3.59. The van der Waals surface area contributed by atoms with Crippen molar-refractivity contribution in [2.75, 3.05) is 0 Å². The van der Waals surface area contributed by atoms with E-state index < -0.39 is 11.5 Å². The van der Waals surface area contributed by atoms with Gasteiger partial charge in [-0.05, 0) is 37.0 Å². The molecule has 128 valence electrons. The highest BCUT2D eigenvalue weighted by molar-refractivity contribution is 5.93. The Morgan fingerprint density at radius 2 is 1.55 bits per heavy atom. The molecule has 0 aliphatic heterocycles. The van der Waals surface area contributed by atoms with E-state index in [0.717, 1.165) is 25.7 Å². The van der Waals surface area contributed by atoms with Gasteiger partial charge in [0.15, 0.2) is 5.78 Å². The Morgan fingerprint density at radius 1 is 1.05 bits per heavy atom. The molecule has 0 aromatic carbocycles. The highest BCUT2D eigenvalue weighted by atomic mass is 16.3. The number of rotatable bonds is 4. The normalized spacial score (nSPS) is 24.7. The summed E-state index contributed by atoms with van der Waals surface area (Å²) in [5.41, 5.74) is -0.775. The molecule has 4 heteroatoms. The monoisotopic (exact) mass is 311 g/mol. The maximum Gasteiger partial charge on any atom is 0.220 e. The van der Waals surface area contributed by atoms with Crippen LogP contribution in [0.4, 0.5) is 0 Å². The lowest BCUT2D eigenvalue weighted by molar-refractivity contribution is -0.135. The second-order valence-corrected chi connectivity index (χ2v) is 8.86. The van der Waals surface area contributed by atoms with Gasteiger partial charge in [0.05, 0.1) is 12.1 Å². The van der Waals surface area contributed by atoms with Gasteiger partial charge in [-0.1, -0.05) is 41.5 Å². The van der Waals surface area contributed by atoms with Crippen molar-refractivity contribution in [2.24, 2.45) is 16.7 Å². The zero-order valence-electron chi connectivity index (χ0n) is 15.0. The van der Waals surface area contributed by atoms with E-state index in [9.17, 15) is 14.7 Å². The van der Waals surface area contributed by atoms with Crippen LogP contribution >= 0.6 is 0 Å². The van der Waals surface area contributed by atoms with E-state index in [1.165, 1.54) is 0 Å². The van der Waals surface area contributed by atoms with Gasteiger partial charge in [-0.15, -0.1) is 0 Å². The van der Waals surface area contributed by atoms with E-state index >= 15 is 0 Å². The number of carbonyl (C=O) groups excluding carboxylic acids is 2. The molecule has 0 aromatic rings. The van der Waals surface area contributed by atoms with Crippen LogP contribution in [0.25, 0.3) is 0 Å². The molecule has 1 fully saturated rings. The van der Waals surface area contributed by atoms with Crippen molar-refractivity contribution < 1.29 is 14.7 Å². The topological polar surface area (TPSA) is 66.4 Å². The van der Waals surface area contributed by atoms with Crippen LogP contribution in [0, 0.1) is 16.7 Å². The van der Waals surface area contributed by atoms with Crippen LogP contribution in [-0.4, -0.2) is 28.9 Å². The number of nitrogens with one attached hydrogen (secondary N) is 1. The lowest BCUT2D eigenvalue weighted by atomic mass is 9.75. The highest BCUT2D eigenvalue weighted by Crippen LogP contribution is 2.29. The molecule has 0 unspecified atom stereocenters. The summed E-state index contributed by atoms with van der Waals surface area (Å²) in [5.74, 6) is 0.361. The van der Waals surface area contributed by atoms with E-state index in [-0.39, 0.29) is 23.2 Å². The summed E-state index contributed by atoms with van der Waals surface area (Å²) in [7, 11) is 0. The molecular formula is C18H33NO3. The SMILES string of the molecule is CC(C)(C)C(=O)[C@@H](NC(=O)CC1CCC(O)CC1)C(C)(C)C. The second-order valence-electron chi connectivity index (χ2n) is 8.86. The van der Waals surface area contributed by atoms with Gasteiger partial charge in [-0.25, -0.2) is 0 Å². The van der Waals surface area contributed by atoms with Crippen LogP contribution in [0.2, 0.25) is 0 Å². The van der Waals surface area contributed by atoms with E-state index in [4.69, 9.17) is 0 Å². The molecule has 2 N–H and O–H groups in total. The van der Waals surface area contributed by atoms with Gasteiger partial charge in [0.2, 0.25) is 5.91 Å². The Balaban J connectivity index is 2.66. The molecule has 0 spiro atoms. The second kappa shape index (κ2) is 7.12. The number of Topliss-reactive ketones (excluding diaryl/α,β-unsaturated/α-hetero) is 1. The number of hydrogen-bond acceptors (Lipinski definition) is 3. The summed E-state index contributed by atoms with van der Waals surface area (Å²) in [6.45, 7) is 11.6. The third-order valence-corrected chi connectivity index (χ3v) is 4.46. The summed E-state index contributed by atoms with van der Waals surface area (Å²) < 4.78 is 0. The fraction of sp³-hybridized carbons (Fsp3) is 0.889. The zero-order chi connectivity index (χ0) is 17.1. The summed E-state index contributed by atoms with van der Waals surface area (Å²) in [5, 5.41) is 12.5. The van der Waals surface area contributed by atoms with Crippen LogP contribution in [0.1, 0.15) is 73.6 Å². The van der Waals surface area contributed by atoms with Gasteiger partial charge in [0, 0.05) is 11.8 Å². The Hall–Kier alpha value is -0.900. The first kappa shape index (κ1) is 19.1. The highest BCUT2D eigenvalue weighted by Gasteiger charge is 2.38. The van der Waals surface area contributed by atoms with Gasteiger partial charge in [-0.3, -0.25) is 9.59 Å². The van der Waals surface area contributed by atoms with Crippen LogP contribution in [-0.2, 0) is 9.59 Å². The van der Waals surface area contributed by atoms with Gasteiger partial charge < -0.3 is 10.4 Å². The molecule has 0 bridgehead atoms. The van der Waals surface area contributed by atoms with Crippen molar-refractivity contribution in [1.29, 1.82) is 0 Å². The number of amides is 1.